The van der Waals surface area contributed by atoms with Gasteiger partial charge in [-0.2, -0.15) is 0 Å². The van der Waals surface area contributed by atoms with Crippen LogP contribution in [0.25, 0.3) is 0 Å². The summed E-state index contributed by atoms with van der Waals surface area (Å²) in [6.45, 7) is 2.23. The molecule has 0 saturated carbocycles. The second-order valence-electron chi connectivity index (χ2n) is 6.30. The molecule has 0 aliphatic carbocycles. The van der Waals surface area contributed by atoms with Gasteiger partial charge >= 0.3 is 0 Å². The highest BCUT2D eigenvalue weighted by atomic mass is 16.2. The Morgan fingerprint density at radius 2 is 1.57 bits per heavy atom. The number of nitrogens with one attached hydrogen (secondary N) is 1. The van der Waals surface area contributed by atoms with E-state index in [-0.39, 0.29) is 17.4 Å². The van der Waals surface area contributed by atoms with Gasteiger partial charge in [0.1, 0.15) is 0 Å². The Bertz CT molecular complexity index is 608. The molecule has 2 heteroatoms. The van der Waals surface area contributed by atoms with Gasteiger partial charge in [0.15, 0.2) is 0 Å². The van der Waals surface area contributed by atoms with Gasteiger partial charge in [-0.3, -0.25) is 4.79 Å². The van der Waals surface area contributed by atoms with Gasteiger partial charge in [-0.15, -0.1) is 0 Å². The first-order valence-corrected chi connectivity index (χ1v) is 7.53. The maximum absolute atomic E-state index is 11.9. The average Bonchev–Trinajstić information content (AvgIpc) is 2.75. The van der Waals surface area contributed by atoms with Crippen LogP contribution in [0.4, 0.5) is 0 Å². The van der Waals surface area contributed by atoms with E-state index in [4.69, 9.17) is 0 Å². The van der Waals surface area contributed by atoms with Crippen LogP contribution in [0.2, 0.25) is 0 Å². The summed E-state index contributed by atoms with van der Waals surface area (Å²) < 4.78 is 0. The van der Waals surface area contributed by atoms with Crippen LogP contribution < -0.4 is 5.32 Å². The monoisotopic (exact) mass is 279 g/mol. The molecule has 21 heavy (non-hydrogen) atoms. The van der Waals surface area contributed by atoms with E-state index < -0.39 is 0 Å². The summed E-state index contributed by atoms with van der Waals surface area (Å²) in [6.07, 6.45) is 2.44. The smallest absolute Gasteiger partial charge is 0.220 e. The van der Waals surface area contributed by atoms with Crippen molar-refractivity contribution in [2.75, 3.05) is 0 Å². The predicted molar refractivity (Wildman–Crippen MR) is 84.9 cm³/mol. The quantitative estimate of drug-likeness (QED) is 0.913. The van der Waals surface area contributed by atoms with E-state index in [2.05, 4.69) is 60.8 Å². The van der Waals surface area contributed by atoms with Crippen LogP contribution in [-0.4, -0.2) is 11.9 Å². The van der Waals surface area contributed by atoms with Crippen LogP contribution in [-0.2, 0) is 17.6 Å². The van der Waals surface area contributed by atoms with Gasteiger partial charge in [0.25, 0.3) is 0 Å². The average molecular weight is 279 g/mol. The van der Waals surface area contributed by atoms with Gasteiger partial charge in [-0.1, -0.05) is 67.6 Å². The van der Waals surface area contributed by atoms with E-state index >= 15 is 0 Å². The van der Waals surface area contributed by atoms with Crippen molar-refractivity contribution in [1.82, 2.24) is 5.32 Å². The van der Waals surface area contributed by atoms with Gasteiger partial charge in [0, 0.05) is 17.9 Å². The molecule has 0 bridgehead atoms. The minimum atomic E-state index is -0.0196. The predicted octanol–water partition coefficient (Wildman–Crippen LogP) is 3.37. The number of amides is 1. The number of hydrogen-bond donors (Lipinski definition) is 1. The van der Waals surface area contributed by atoms with E-state index in [9.17, 15) is 4.79 Å². The molecule has 2 aromatic carbocycles. The second kappa shape index (κ2) is 5.72. The topological polar surface area (TPSA) is 29.1 Å². The summed E-state index contributed by atoms with van der Waals surface area (Å²) in [6, 6.07) is 21.1. The molecule has 1 N–H and O–H groups in total. The molecule has 2 aromatic rings. The molecule has 2 unspecified atom stereocenters. The third-order valence-corrected chi connectivity index (χ3v) is 4.47. The fourth-order valence-electron chi connectivity index (χ4n) is 3.30. The second-order valence-corrected chi connectivity index (χ2v) is 6.30. The number of carbonyl (C=O) groups excluding carboxylic acids is 1. The molecule has 1 heterocycles. The van der Waals surface area contributed by atoms with E-state index in [1.807, 2.05) is 12.1 Å². The zero-order valence-corrected chi connectivity index (χ0v) is 12.4. The van der Waals surface area contributed by atoms with Crippen molar-refractivity contribution in [3.05, 3.63) is 71.8 Å². The Labute approximate surface area is 126 Å². The Morgan fingerprint density at radius 3 is 2.19 bits per heavy atom. The van der Waals surface area contributed by atoms with Crippen LogP contribution in [0.15, 0.2) is 60.7 Å². The molecule has 0 aromatic heterocycles. The minimum absolute atomic E-state index is 0.0196. The summed E-state index contributed by atoms with van der Waals surface area (Å²) >= 11 is 0. The van der Waals surface area contributed by atoms with E-state index in [0.29, 0.717) is 6.42 Å². The van der Waals surface area contributed by atoms with Crippen molar-refractivity contribution in [3.63, 3.8) is 0 Å². The molecule has 1 fully saturated rings. The van der Waals surface area contributed by atoms with Gasteiger partial charge in [0.05, 0.1) is 0 Å². The first-order chi connectivity index (χ1) is 10.2. The largest absolute Gasteiger partial charge is 0.352 e. The standard InChI is InChI=1S/C19H21NO/c1-19(13-16-10-6-3-7-11-16)14-18(21)20-17(19)12-15-8-4-2-5-9-15/h2-11,17H,12-14H2,1H3,(H,20,21). The lowest BCUT2D eigenvalue weighted by Crippen LogP contribution is -2.38. The zero-order chi connectivity index (χ0) is 14.7. The van der Waals surface area contributed by atoms with Crippen molar-refractivity contribution in [3.8, 4) is 0 Å². The Morgan fingerprint density at radius 1 is 1.00 bits per heavy atom. The molecule has 2 atom stereocenters. The maximum Gasteiger partial charge on any atom is 0.220 e. The van der Waals surface area contributed by atoms with Crippen molar-refractivity contribution < 1.29 is 4.79 Å². The number of hydrogen-bond acceptors (Lipinski definition) is 1. The highest BCUT2D eigenvalue weighted by Crippen LogP contribution is 2.36. The number of rotatable bonds is 4. The lowest BCUT2D eigenvalue weighted by atomic mass is 9.75. The zero-order valence-electron chi connectivity index (χ0n) is 12.4. The first-order valence-electron chi connectivity index (χ1n) is 7.53. The van der Waals surface area contributed by atoms with E-state index in [1.165, 1.54) is 11.1 Å². The van der Waals surface area contributed by atoms with Crippen molar-refractivity contribution in [2.24, 2.45) is 5.41 Å². The number of carbonyl (C=O) groups is 1. The summed E-state index contributed by atoms with van der Waals surface area (Å²) in [5.41, 5.74) is 2.56. The van der Waals surface area contributed by atoms with Crippen LogP contribution in [0, 0.1) is 5.41 Å². The van der Waals surface area contributed by atoms with Crippen molar-refractivity contribution in [1.29, 1.82) is 0 Å². The fraction of sp³-hybridized carbons (Fsp3) is 0.316. The maximum atomic E-state index is 11.9. The SMILES string of the molecule is CC1(Cc2ccccc2)CC(=O)NC1Cc1ccccc1. The molecule has 1 saturated heterocycles. The lowest BCUT2D eigenvalue weighted by molar-refractivity contribution is -0.119. The highest BCUT2D eigenvalue weighted by Gasteiger charge is 2.42. The van der Waals surface area contributed by atoms with Crippen molar-refractivity contribution >= 4 is 5.91 Å². The van der Waals surface area contributed by atoms with E-state index in [1.54, 1.807) is 0 Å². The van der Waals surface area contributed by atoms with Crippen LogP contribution in [0.5, 0.6) is 0 Å². The van der Waals surface area contributed by atoms with E-state index in [0.717, 1.165) is 12.8 Å². The molecule has 3 rings (SSSR count). The fourth-order valence-corrected chi connectivity index (χ4v) is 3.30. The summed E-state index contributed by atoms with van der Waals surface area (Å²) in [4.78, 5) is 11.9. The molecule has 0 spiro atoms. The molecular formula is C19H21NO. The van der Waals surface area contributed by atoms with Gasteiger partial charge in [-0.05, 0) is 24.0 Å². The summed E-state index contributed by atoms with van der Waals surface area (Å²) in [5, 5.41) is 3.17. The van der Waals surface area contributed by atoms with Gasteiger partial charge in [0.2, 0.25) is 5.91 Å². The van der Waals surface area contributed by atoms with Crippen LogP contribution >= 0.6 is 0 Å². The Balaban J connectivity index is 1.79. The molecule has 1 amide bonds. The third kappa shape index (κ3) is 3.15. The first kappa shape index (κ1) is 13.9. The third-order valence-electron chi connectivity index (χ3n) is 4.47. The minimum Gasteiger partial charge on any atom is -0.352 e. The van der Waals surface area contributed by atoms with Gasteiger partial charge < -0.3 is 5.32 Å². The van der Waals surface area contributed by atoms with Crippen LogP contribution in [0.3, 0.4) is 0 Å². The Hall–Kier alpha value is -2.09. The summed E-state index contributed by atoms with van der Waals surface area (Å²) in [5.74, 6) is 0.175. The lowest BCUT2D eigenvalue weighted by Gasteiger charge is -2.30. The van der Waals surface area contributed by atoms with Crippen LogP contribution in [0.1, 0.15) is 24.5 Å². The molecule has 108 valence electrons. The molecule has 1 aliphatic heterocycles. The Kier molecular flexibility index (Phi) is 3.78. The highest BCUT2D eigenvalue weighted by molar-refractivity contribution is 5.80. The van der Waals surface area contributed by atoms with Crippen molar-refractivity contribution in [2.45, 2.75) is 32.2 Å². The summed E-state index contributed by atoms with van der Waals surface area (Å²) in [7, 11) is 0. The molecule has 2 nitrogen and oxygen atoms in total. The molecular weight excluding hydrogens is 258 g/mol. The van der Waals surface area contributed by atoms with Gasteiger partial charge in [-0.25, -0.2) is 0 Å². The molecule has 1 aliphatic rings. The normalized spacial score (nSPS) is 24.8. The molecule has 0 radical (unpaired) electrons. The number of benzene rings is 2.